The zero-order chi connectivity index (χ0) is 13.7. The van der Waals surface area contributed by atoms with Gasteiger partial charge in [-0.05, 0) is 25.0 Å². The van der Waals surface area contributed by atoms with Crippen molar-refractivity contribution in [1.82, 2.24) is 10.3 Å². The van der Waals surface area contributed by atoms with E-state index in [-0.39, 0.29) is 11.7 Å². The number of carbonyl (C=O) groups excluding carboxylic acids is 1. The van der Waals surface area contributed by atoms with Gasteiger partial charge in [0.2, 0.25) is 0 Å². The smallest absolute Gasteiger partial charge is 0.415 e. The molecule has 0 radical (unpaired) electrons. The highest BCUT2D eigenvalue weighted by Crippen LogP contribution is 2.41. The molecule has 3 fully saturated rings. The molecule has 1 spiro atoms. The average Bonchev–Trinajstić information content (AvgIpc) is 2.91. The summed E-state index contributed by atoms with van der Waals surface area (Å²) in [5.41, 5.74) is 6.02. The minimum absolute atomic E-state index is 0.266. The van der Waals surface area contributed by atoms with Gasteiger partial charge < -0.3 is 15.8 Å². The molecule has 3 N–H and O–H groups in total. The van der Waals surface area contributed by atoms with E-state index >= 15 is 0 Å². The van der Waals surface area contributed by atoms with Crippen LogP contribution >= 0.6 is 0 Å². The Morgan fingerprint density at radius 2 is 2.10 bits per heavy atom. The molecule has 106 valence electrons. The molecule has 0 saturated carbocycles. The third kappa shape index (κ3) is 1.83. The third-order valence-electron chi connectivity index (χ3n) is 4.62. The highest BCUT2D eigenvalue weighted by atomic mass is 16.6. The number of rotatable bonds is 1. The maximum Gasteiger partial charge on any atom is 0.415 e. The molecule has 1 amide bonds. The van der Waals surface area contributed by atoms with Crippen LogP contribution in [0.3, 0.4) is 0 Å². The number of nitrogen functional groups attached to an aromatic ring is 1. The van der Waals surface area contributed by atoms with Crippen molar-refractivity contribution >= 4 is 17.6 Å². The van der Waals surface area contributed by atoms with Gasteiger partial charge in [0.05, 0.1) is 18.4 Å². The Hall–Kier alpha value is -1.82. The van der Waals surface area contributed by atoms with Crippen molar-refractivity contribution < 1.29 is 9.53 Å². The van der Waals surface area contributed by atoms with E-state index < -0.39 is 0 Å². The van der Waals surface area contributed by atoms with Crippen LogP contribution in [-0.4, -0.2) is 35.3 Å². The summed E-state index contributed by atoms with van der Waals surface area (Å²) < 4.78 is 5.76. The molecular formula is C14H18N4O2. The van der Waals surface area contributed by atoms with Gasteiger partial charge in [0.25, 0.3) is 0 Å². The van der Waals surface area contributed by atoms with E-state index in [9.17, 15) is 4.79 Å². The molecule has 6 nitrogen and oxygen atoms in total. The van der Waals surface area contributed by atoms with Crippen LogP contribution in [0.4, 0.5) is 16.3 Å². The standard InChI is InChI=1S/C14H18N4O2/c15-12-4-3-11(7-16-12)18-8-14(20-13(18)19)5-9-1-2-10(6-14)17-9/h3-4,7,9-10,17H,1-2,5-6,8H2,(H2,15,16)/t9-,10+,14+. The van der Waals surface area contributed by atoms with Crippen LogP contribution in [0.1, 0.15) is 25.7 Å². The lowest BCUT2D eigenvalue weighted by Crippen LogP contribution is -2.50. The number of anilines is 2. The minimum atomic E-state index is -0.324. The summed E-state index contributed by atoms with van der Waals surface area (Å²) in [5.74, 6) is 0.455. The van der Waals surface area contributed by atoms with Crippen molar-refractivity contribution in [1.29, 1.82) is 0 Å². The number of piperidine rings is 1. The number of hydrogen-bond donors (Lipinski definition) is 2. The van der Waals surface area contributed by atoms with Crippen LogP contribution in [0.25, 0.3) is 0 Å². The summed E-state index contributed by atoms with van der Waals surface area (Å²) in [6.45, 7) is 0.617. The van der Waals surface area contributed by atoms with Crippen molar-refractivity contribution in [2.75, 3.05) is 17.2 Å². The van der Waals surface area contributed by atoms with Gasteiger partial charge in [-0.2, -0.15) is 0 Å². The molecule has 0 aromatic carbocycles. The van der Waals surface area contributed by atoms with Gasteiger partial charge in [0.1, 0.15) is 11.4 Å². The molecule has 3 aliphatic rings. The van der Waals surface area contributed by atoms with E-state index in [4.69, 9.17) is 10.5 Å². The van der Waals surface area contributed by atoms with E-state index in [0.29, 0.717) is 24.4 Å². The summed E-state index contributed by atoms with van der Waals surface area (Å²) in [6, 6.07) is 4.51. The number of nitrogens with two attached hydrogens (primary N) is 1. The lowest BCUT2D eigenvalue weighted by Gasteiger charge is -2.36. The number of carbonyl (C=O) groups is 1. The SMILES string of the molecule is Nc1ccc(N2C[C@@]3(C[C@H]4CC[C@@H](C3)N4)OC2=O)cn1. The van der Waals surface area contributed by atoms with Crippen LogP contribution in [-0.2, 0) is 4.74 Å². The van der Waals surface area contributed by atoms with Crippen molar-refractivity contribution in [3.05, 3.63) is 18.3 Å². The van der Waals surface area contributed by atoms with Gasteiger partial charge in [0.15, 0.2) is 0 Å². The first kappa shape index (κ1) is 12.0. The topological polar surface area (TPSA) is 80.5 Å². The summed E-state index contributed by atoms with van der Waals surface area (Å²) >= 11 is 0. The number of fused-ring (bicyclic) bond motifs is 2. The van der Waals surface area contributed by atoms with Crippen molar-refractivity contribution in [2.45, 2.75) is 43.4 Å². The molecule has 20 heavy (non-hydrogen) atoms. The lowest BCUT2D eigenvalue weighted by atomic mass is 9.87. The highest BCUT2D eigenvalue weighted by molar-refractivity contribution is 5.90. The normalized spacial score (nSPS) is 35.6. The maximum atomic E-state index is 12.2. The fraction of sp³-hybridized carbons (Fsp3) is 0.571. The van der Waals surface area contributed by atoms with Crippen molar-refractivity contribution in [3.63, 3.8) is 0 Å². The molecule has 4 rings (SSSR count). The molecular weight excluding hydrogens is 256 g/mol. The Balaban J connectivity index is 1.59. The van der Waals surface area contributed by atoms with Crippen LogP contribution in [0.5, 0.6) is 0 Å². The predicted octanol–water partition coefficient (Wildman–Crippen LogP) is 1.27. The number of ether oxygens (including phenoxy) is 1. The molecule has 3 saturated heterocycles. The lowest BCUT2D eigenvalue weighted by molar-refractivity contribution is 0.0161. The van der Waals surface area contributed by atoms with Crippen LogP contribution in [0.2, 0.25) is 0 Å². The quantitative estimate of drug-likeness (QED) is 0.806. The number of nitrogens with one attached hydrogen (secondary N) is 1. The second-order valence-electron chi connectivity index (χ2n) is 6.12. The minimum Gasteiger partial charge on any atom is -0.441 e. The maximum absolute atomic E-state index is 12.2. The zero-order valence-electron chi connectivity index (χ0n) is 11.2. The fourth-order valence-electron chi connectivity index (χ4n) is 3.80. The van der Waals surface area contributed by atoms with Gasteiger partial charge in [-0.3, -0.25) is 4.90 Å². The van der Waals surface area contributed by atoms with E-state index in [1.54, 1.807) is 17.2 Å². The summed E-state index contributed by atoms with van der Waals surface area (Å²) in [6.07, 6.45) is 5.56. The Morgan fingerprint density at radius 3 is 2.75 bits per heavy atom. The van der Waals surface area contributed by atoms with E-state index in [0.717, 1.165) is 18.5 Å². The molecule has 2 bridgehead atoms. The Bertz CT molecular complexity index is 533. The Kier molecular flexibility index (Phi) is 2.44. The van der Waals surface area contributed by atoms with Crippen molar-refractivity contribution in [2.24, 2.45) is 0 Å². The summed E-state index contributed by atoms with van der Waals surface area (Å²) in [4.78, 5) is 17.9. The fourth-order valence-corrected chi connectivity index (χ4v) is 3.80. The monoisotopic (exact) mass is 274 g/mol. The van der Waals surface area contributed by atoms with Gasteiger partial charge in [-0.25, -0.2) is 9.78 Å². The second-order valence-corrected chi connectivity index (χ2v) is 6.12. The third-order valence-corrected chi connectivity index (χ3v) is 4.62. The van der Waals surface area contributed by atoms with E-state index in [1.165, 1.54) is 12.8 Å². The number of pyridine rings is 1. The molecule has 1 aromatic rings. The first-order chi connectivity index (χ1) is 9.63. The van der Waals surface area contributed by atoms with E-state index in [1.807, 2.05) is 6.07 Å². The number of nitrogens with zero attached hydrogens (tertiary/aromatic N) is 2. The van der Waals surface area contributed by atoms with E-state index in [2.05, 4.69) is 10.3 Å². The highest BCUT2D eigenvalue weighted by Gasteiger charge is 2.52. The van der Waals surface area contributed by atoms with Crippen LogP contribution in [0, 0.1) is 0 Å². The molecule has 0 aliphatic carbocycles. The molecule has 3 aliphatic heterocycles. The van der Waals surface area contributed by atoms with Gasteiger partial charge in [-0.1, -0.05) is 0 Å². The molecule has 6 heteroatoms. The number of aromatic nitrogens is 1. The van der Waals surface area contributed by atoms with Gasteiger partial charge in [0, 0.05) is 24.9 Å². The van der Waals surface area contributed by atoms with Crippen LogP contribution < -0.4 is 16.0 Å². The predicted molar refractivity (Wildman–Crippen MR) is 74.4 cm³/mol. The Labute approximate surface area is 117 Å². The first-order valence-corrected chi connectivity index (χ1v) is 7.12. The molecule has 4 heterocycles. The van der Waals surface area contributed by atoms with Gasteiger partial charge >= 0.3 is 6.09 Å². The van der Waals surface area contributed by atoms with Crippen molar-refractivity contribution in [3.8, 4) is 0 Å². The first-order valence-electron chi connectivity index (χ1n) is 7.12. The zero-order valence-corrected chi connectivity index (χ0v) is 11.2. The van der Waals surface area contributed by atoms with Crippen LogP contribution in [0.15, 0.2) is 18.3 Å². The molecule has 0 unspecified atom stereocenters. The molecule has 1 aromatic heterocycles. The summed E-state index contributed by atoms with van der Waals surface area (Å²) in [7, 11) is 0. The molecule has 3 atom stereocenters. The Morgan fingerprint density at radius 1 is 1.35 bits per heavy atom. The number of hydrogen-bond acceptors (Lipinski definition) is 5. The average molecular weight is 274 g/mol. The summed E-state index contributed by atoms with van der Waals surface area (Å²) in [5, 5.41) is 3.58. The largest absolute Gasteiger partial charge is 0.441 e. The van der Waals surface area contributed by atoms with Gasteiger partial charge in [-0.15, -0.1) is 0 Å². The number of amides is 1. The second kappa shape index (κ2) is 4.09.